The van der Waals surface area contributed by atoms with E-state index in [-0.39, 0.29) is 18.8 Å². The summed E-state index contributed by atoms with van der Waals surface area (Å²) >= 11 is 0. The minimum absolute atomic E-state index is 0.0767. The fourth-order valence-electron chi connectivity index (χ4n) is 1.38. The third kappa shape index (κ3) is 3.84. The number of nitrogens with zero attached hydrogens (tertiary/aromatic N) is 1. The van der Waals surface area contributed by atoms with Crippen LogP contribution in [0.2, 0.25) is 0 Å². The lowest BCUT2D eigenvalue weighted by Crippen LogP contribution is -2.40. The van der Waals surface area contributed by atoms with Crippen LogP contribution in [0.5, 0.6) is 0 Å². The molecule has 1 heterocycles. The number of carbonyl (C=O) groups is 3. The third-order valence-corrected chi connectivity index (χ3v) is 2.44. The zero-order valence-electron chi connectivity index (χ0n) is 11.0. The highest BCUT2D eigenvalue weighted by atomic mass is 16.5. The van der Waals surface area contributed by atoms with Crippen LogP contribution in [0.3, 0.4) is 0 Å². The van der Waals surface area contributed by atoms with Gasteiger partial charge in [0.05, 0.1) is 20.5 Å². The Morgan fingerprint density at radius 3 is 2.05 bits per heavy atom. The molecule has 0 fully saturated rings. The molecule has 0 bridgehead atoms. The standard InChI is InChI=1S/C12H15NO6/c1-8-4-5-19-11(8)12(16)13(6-9(14)17-2)7-10(15)18-3/h4-5H,6-7H2,1-3H3. The van der Waals surface area contributed by atoms with Crippen molar-refractivity contribution in [2.75, 3.05) is 27.3 Å². The average Bonchev–Trinajstić information content (AvgIpc) is 2.82. The fourth-order valence-corrected chi connectivity index (χ4v) is 1.38. The maximum Gasteiger partial charge on any atom is 0.325 e. The van der Waals surface area contributed by atoms with Crippen molar-refractivity contribution >= 4 is 17.8 Å². The quantitative estimate of drug-likeness (QED) is 0.718. The lowest BCUT2D eigenvalue weighted by molar-refractivity contribution is -0.144. The van der Waals surface area contributed by atoms with Crippen molar-refractivity contribution in [2.24, 2.45) is 0 Å². The van der Waals surface area contributed by atoms with E-state index >= 15 is 0 Å². The molecule has 1 aromatic heterocycles. The molecule has 0 aromatic carbocycles. The van der Waals surface area contributed by atoms with Gasteiger partial charge in [0, 0.05) is 5.56 Å². The number of carbonyl (C=O) groups excluding carboxylic acids is 3. The van der Waals surface area contributed by atoms with E-state index in [2.05, 4.69) is 9.47 Å². The predicted molar refractivity (Wildman–Crippen MR) is 63.4 cm³/mol. The van der Waals surface area contributed by atoms with Crippen LogP contribution in [-0.2, 0) is 19.1 Å². The van der Waals surface area contributed by atoms with Crippen molar-refractivity contribution in [3.8, 4) is 0 Å². The second-order valence-electron chi connectivity index (χ2n) is 3.75. The lowest BCUT2D eigenvalue weighted by Gasteiger charge is -2.19. The van der Waals surface area contributed by atoms with E-state index in [1.807, 2.05) is 0 Å². The second-order valence-corrected chi connectivity index (χ2v) is 3.75. The smallest absolute Gasteiger partial charge is 0.325 e. The van der Waals surface area contributed by atoms with Gasteiger partial charge in [0.1, 0.15) is 13.1 Å². The van der Waals surface area contributed by atoms with E-state index in [1.165, 1.54) is 20.5 Å². The molecule has 7 nitrogen and oxygen atoms in total. The largest absolute Gasteiger partial charge is 0.468 e. The summed E-state index contributed by atoms with van der Waals surface area (Å²) in [5.74, 6) is -1.77. The summed E-state index contributed by atoms with van der Waals surface area (Å²) in [7, 11) is 2.39. The van der Waals surface area contributed by atoms with Crippen molar-refractivity contribution in [2.45, 2.75) is 6.92 Å². The number of esters is 2. The summed E-state index contributed by atoms with van der Waals surface area (Å²) in [5.41, 5.74) is 0.615. The summed E-state index contributed by atoms with van der Waals surface area (Å²) in [5, 5.41) is 0. The normalized spacial score (nSPS) is 9.84. The van der Waals surface area contributed by atoms with Crippen molar-refractivity contribution < 1.29 is 28.3 Å². The summed E-state index contributed by atoms with van der Waals surface area (Å²) < 4.78 is 14.0. The lowest BCUT2D eigenvalue weighted by atomic mass is 10.2. The molecule has 7 heteroatoms. The van der Waals surface area contributed by atoms with Crippen molar-refractivity contribution in [1.29, 1.82) is 0 Å². The van der Waals surface area contributed by atoms with Gasteiger partial charge in [-0.15, -0.1) is 0 Å². The summed E-state index contributed by atoms with van der Waals surface area (Å²) in [6.45, 7) is 0.973. The molecule has 104 valence electrons. The molecule has 0 aliphatic rings. The zero-order valence-corrected chi connectivity index (χ0v) is 11.0. The molecule has 1 rings (SSSR count). The highest BCUT2D eigenvalue weighted by Gasteiger charge is 2.25. The number of furan rings is 1. The van der Waals surface area contributed by atoms with Gasteiger partial charge in [-0.3, -0.25) is 14.4 Å². The van der Waals surface area contributed by atoms with Gasteiger partial charge in [0.15, 0.2) is 5.76 Å². The fraction of sp³-hybridized carbons (Fsp3) is 0.417. The summed E-state index contributed by atoms with van der Waals surface area (Å²) in [4.78, 5) is 35.7. The van der Waals surface area contributed by atoms with Crippen LogP contribution in [0.4, 0.5) is 0 Å². The molecule has 0 radical (unpaired) electrons. The van der Waals surface area contributed by atoms with E-state index in [9.17, 15) is 14.4 Å². The number of hydrogen-bond acceptors (Lipinski definition) is 6. The van der Waals surface area contributed by atoms with Gasteiger partial charge in [-0.05, 0) is 13.0 Å². The van der Waals surface area contributed by atoms with E-state index in [4.69, 9.17) is 4.42 Å². The first kappa shape index (κ1) is 14.7. The molecule has 0 saturated carbocycles. The Kier molecular flexibility index (Phi) is 5.11. The first-order valence-electron chi connectivity index (χ1n) is 5.46. The Morgan fingerprint density at radius 1 is 1.16 bits per heavy atom. The van der Waals surface area contributed by atoms with Crippen LogP contribution < -0.4 is 0 Å². The SMILES string of the molecule is COC(=O)CN(CC(=O)OC)C(=O)c1occc1C. The molecule has 0 N–H and O–H groups in total. The van der Waals surface area contributed by atoms with Gasteiger partial charge in [-0.1, -0.05) is 0 Å². The van der Waals surface area contributed by atoms with E-state index in [0.29, 0.717) is 5.56 Å². The van der Waals surface area contributed by atoms with Crippen molar-refractivity contribution in [3.05, 3.63) is 23.7 Å². The molecule has 0 aliphatic carbocycles. The molecular weight excluding hydrogens is 254 g/mol. The van der Waals surface area contributed by atoms with Gasteiger partial charge < -0.3 is 18.8 Å². The van der Waals surface area contributed by atoms with Crippen LogP contribution in [0, 0.1) is 6.92 Å². The molecule has 1 aromatic rings. The highest BCUT2D eigenvalue weighted by molar-refractivity contribution is 5.96. The number of hydrogen-bond donors (Lipinski definition) is 0. The number of aryl methyl sites for hydroxylation is 1. The molecule has 0 saturated heterocycles. The van der Waals surface area contributed by atoms with Crippen molar-refractivity contribution in [3.63, 3.8) is 0 Å². The minimum Gasteiger partial charge on any atom is -0.468 e. The summed E-state index contributed by atoms with van der Waals surface area (Å²) in [6.07, 6.45) is 1.36. The molecule has 0 unspecified atom stereocenters. The van der Waals surface area contributed by atoms with Crippen LogP contribution >= 0.6 is 0 Å². The molecule has 0 atom stereocenters. The molecule has 0 aliphatic heterocycles. The van der Waals surface area contributed by atoms with Crippen LogP contribution in [0.25, 0.3) is 0 Å². The zero-order chi connectivity index (χ0) is 14.4. The van der Waals surface area contributed by atoms with Crippen LogP contribution in [-0.4, -0.2) is 50.1 Å². The van der Waals surface area contributed by atoms with Crippen molar-refractivity contribution in [1.82, 2.24) is 4.90 Å². The maximum atomic E-state index is 12.1. The minimum atomic E-state index is -0.638. The monoisotopic (exact) mass is 269 g/mol. The Bertz CT molecular complexity index is 460. The second kappa shape index (κ2) is 6.58. The molecule has 0 spiro atoms. The third-order valence-electron chi connectivity index (χ3n) is 2.44. The predicted octanol–water partition coefficient (Wildman–Crippen LogP) is 0.376. The number of ether oxygens (including phenoxy) is 2. The highest BCUT2D eigenvalue weighted by Crippen LogP contribution is 2.12. The number of rotatable bonds is 5. The van der Waals surface area contributed by atoms with Gasteiger partial charge >= 0.3 is 11.9 Å². The Labute approximate surface area is 110 Å². The Balaban J connectivity index is 2.89. The average molecular weight is 269 g/mol. The van der Waals surface area contributed by atoms with E-state index in [1.54, 1.807) is 13.0 Å². The first-order chi connectivity index (χ1) is 8.99. The van der Waals surface area contributed by atoms with Gasteiger partial charge in [-0.2, -0.15) is 0 Å². The molecule has 1 amide bonds. The number of amides is 1. The Morgan fingerprint density at radius 2 is 1.68 bits per heavy atom. The molecule has 19 heavy (non-hydrogen) atoms. The topological polar surface area (TPSA) is 86.0 Å². The Hall–Kier alpha value is -2.31. The van der Waals surface area contributed by atoms with E-state index in [0.717, 1.165) is 4.90 Å². The first-order valence-corrected chi connectivity index (χ1v) is 5.46. The van der Waals surface area contributed by atoms with Crippen LogP contribution in [0.1, 0.15) is 16.1 Å². The maximum absolute atomic E-state index is 12.1. The van der Waals surface area contributed by atoms with Gasteiger partial charge in [0.25, 0.3) is 5.91 Å². The number of methoxy groups -OCH3 is 2. The van der Waals surface area contributed by atoms with Gasteiger partial charge in [-0.25, -0.2) is 0 Å². The molecular formula is C12H15NO6. The van der Waals surface area contributed by atoms with E-state index < -0.39 is 17.8 Å². The van der Waals surface area contributed by atoms with Crippen LogP contribution in [0.15, 0.2) is 16.7 Å². The summed E-state index contributed by atoms with van der Waals surface area (Å²) in [6, 6.07) is 1.61. The van der Waals surface area contributed by atoms with Gasteiger partial charge in [0.2, 0.25) is 0 Å².